The fraction of sp³-hybridized carbons (Fsp3) is 0.467. The van der Waals surface area contributed by atoms with Gasteiger partial charge in [0.05, 0.1) is 0 Å². The van der Waals surface area contributed by atoms with Crippen LogP contribution >= 0.6 is 23.8 Å². The van der Waals surface area contributed by atoms with Gasteiger partial charge in [0.15, 0.2) is 4.77 Å². The Hall–Kier alpha value is -1.13. The van der Waals surface area contributed by atoms with Crippen molar-refractivity contribution in [1.29, 1.82) is 0 Å². The molecule has 2 aromatic rings. The van der Waals surface area contributed by atoms with Crippen molar-refractivity contribution in [2.45, 2.75) is 45.6 Å². The van der Waals surface area contributed by atoms with Crippen LogP contribution in [-0.4, -0.2) is 14.8 Å². The van der Waals surface area contributed by atoms with Gasteiger partial charge in [0.2, 0.25) is 0 Å². The standard InChI is InChI=1S/C15H20ClN3S/c1-2-3-4-7-10-19-14(17-18-15(19)20)11-12-8-5-6-9-13(12)16/h5-6,8-9H,2-4,7,10-11H2,1H3,(H,18,20). The molecule has 0 bridgehead atoms. The molecule has 0 saturated heterocycles. The second kappa shape index (κ2) is 7.60. The average molecular weight is 310 g/mol. The Morgan fingerprint density at radius 3 is 2.80 bits per heavy atom. The molecule has 0 aliphatic heterocycles. The molecule has 0 unspecified atom stereocenters. The molecule has 2 rings (SSSR count). The Balaban J connectivity index is 2.09. The number of rotatable bonds is 7. The number of benzene rings is 1. The van der Waals surface area contributed by atoms with Gasteiger partial charge in [-0.15, -0.1) is 0 Å². The van der Waals surface area contributed by atoms with Gasteiger partial charge in [-0.05, 0) is 30.3 Å². The molecule has 0 fully saturated rings. The zero-order valence-electron chi connectivity index (χ0n) is 11.7. The van der Waals surface area contributed by atoms with Gasteiger partial charge in [0.1, 0.15) is 5.82 Å². The van der Waals surface area contributed by atoms with Crippen LogP contribution in [0.3, 0.4) is 0 Å². The first kappa shape index (κ1) is 15.3. The summed E-state index contributed by atoms with van der Waals surface area (Å²) in [4.78, 5) is 0. The lowest BCUT2D eigenvalue weighted by Crippen LogP contribution is -2.05. The molecule has 108 valence electrons. The second-order valence-electron chi connectivity index (χ2n) is 4.93. The quantitative estimate of drug-likeness (QED) is 0.590. The highest BCUT2D eigenvalue weighted by molar-refractivity contribution is 7.71. The van der Waals surface area contributed by atoms with Gasteiger partial charge in [-0.3, -0.25) is 5.10 Å². The van der Waals surface area contributed by atoms with E-state index in [0.717, 1.165) is 29.4 Å². The molecule has 0 atom stereocenters. The van der Waals surface area contributed by atoms with Crippen molar-refractivity contribution in [2.24, 2.45) is 0 Å². The van der Waals surface area contributed by atoms with Crippen LogP contribution in [0.15, 0.2) is 24.3 Å². The first-order valence-corrected chi connectivity index (χ1v) is 7.88. The molecule has 1 aromatic heterocycles. The van der Waals surface area contributed by atoms with Crippen molar-refractivity contribution in [3.05, 3.63) is 45.4 Å². The van der Waals surface area contributed by atoms with E-state index in [-0.39, 0.29) is 0 Å². The van der Waals surface area contributed by atoms with Crippen LogP contribution in [0.1, 0.15) is 44.0 Å². The number of hydrogen-bond donors (Lipinski definition) is 1. The van der Waals surface area contributed by atoms with E-state index >= 15 is 0 Å². The molecular weight excluding hydrogens is 290 g/mol. The van der Waals surface area contributed by atoms with E-state index in [2.05, 4.69) is 21.7 Å². The lowest BCUT2D eigenvalue weighted by molar-refractivity contribution is 0.564. The largest absolute Gasteiger partial charge is 0.304 e. The number of unbranched alkanes of at least 4 members (excludes halogenated alkanes) is 3. The maximum Gasteiger partial charge on any atom is 0.195 e. The normalized spacial score (nSPS) is 10.9. The van der Waals surface area contributed by atoms with Crippen LogP contribution in [0.5, 0.6) is 0 Å². The maximum atomic E-state index is 6.21. The van der Waals surface area contributed by atoms with Gasteiger partial charge in [-0.2, -0.15) is 5.10 Å². The summed E-state index contributed by atoms with van der Waals surface area (Å²) in [6, 6.07) is 7.87. The van der Waals surface area contributed by atoms with Crippen molar-refractivity contribution in [2.75, 3.05) is 0 Å². The number of aromatic amines is 1. The minimum absolute atomic E-state index is 0.698. The minimum atomic E-state index is 0.698. The summed E-state index contributed by atoms with van der Waals surface area (Å²) in [5.41, 5.74) is 1.08. The minimum Gasteiger partial charge on any atom is -0.304 e. The molecule has 0 spiro atoms. The Kier molecular flexibility index (Phi) is 5.80. The first-order valence-electron chi connectivity index (χ1n) is 7.10. The molecule has 1 aromatic carbocycles. The molecule has 1 N–H and O–H groups in total. The van der Waals surface area contributed by atoms with E-state index in [4.69, 9.17) is 23.8 Å². The van der Waals surface area contributed by atoms with Gasteiger partial charge in [-0.1, -0.05) is 56.0 Å². The molecule has 0 amide bonds. The third-order valence-electron chi connectivity index (χ3n) is 3.38. The van der Waals surface area contributed by atoms with E-state index < -0.39 is 0 Å². The fourth-order valence-electron chi connectivity index (χ4n) is 2.22. The summed E-state index contributed by atoms with van der Waals surface area (Å²) in [6.07, 6.45) is 5.58. The summed E-state index contributed by atoms with van der Waals surface area (Å²) < 4.78 is 2.79. The van der Waals surface area contributed by atoms with Crippen LogP contribution in [0.4, 0.5) is 0 Å². The summed E-state index contributed by atoms with van der Waals surface area (Å²) in [7, 11) is 0. The summed E-state index contributed by atoms with van der Waals surface area (Å²) >= 11 is 11.5. The Bertz CT molecular complexity index is 603. The van der Waals surface area contributed by atoms with Crippen LogP contribution < -0.4 is 0 Å². The number of H-pyrrole nitrogens is 1. The third-order valence-corrected chi connectivity index (χ3v) is 4.06. The van der Waals surface area contributed by atoms with Gasteiger partial charge in [0, 0.05) is 18.0 Å². The molecule has 0 aliphatic carbocycles. The van der Waals surface area contributed by atoms with Crippen LogP contribution in [-0.2, 0) is 13.0 Å². The predicted octanol–water partition coefficient (Wildman–Crippen LogP) is 4.77. The van der Waals surface area contributed by atoms with E-state index in [0.29, 0.717) is 11.2 Å². The monoisotopic (exact) mass is 309 g/mol. The molecule has 0 saturated carbocycles. The molecule has 0 radical (unpaired) electrons. The van der Waals surface area contributed by atoms with Gasteiger partial charge >= 0.3 is 0 Å². The number of nitrogens with zero attached hydrogens (tertiary/aromatic N) is 2. The molecular formula is C15H20ClN3S. The maximum absolute atomic E-state index is 6.21. The fourth-order valence-corrected chi connectivity index (χ4v) is 2.67. The van der Waals surface area contributed by atoms with E-state index in [1.807, 2.05) is 24.3 Å². The number of nitrogens with one attached hydrogen (secondary N) is 1. The van der Waals surface area contributed by atoms with Crippen LogP contribution in [0, 0.1) is 4.77 Å². The Morgan fingerprint density at radius 2 is 2.05 bits per heavy atom. The van der Waals surface area contributed by atoms with E-state index in [1.165, 1.54) is 19.3 Å². The second-order valence-corrected chi connectivity index (χ2v) is 5.72. The Morgan fingerprint density at radius 1 is 1.25 bits per heavy atom. The topological polar surface area (TPSA) is 33.6 Å². The van der Waals surface area contributed by atoms with Crippen molar-refractivity contribution in [3.63, 3.8) is 0 Å². The highest BCUT2D eigenvalue weighted by Crippen LogP contribution is 2.18. The third kappa shape index (κ3) is 3.93. The van der Waals surface area contributed by atoms with Crippen molar-refractivity contribution < 1.29 is 0 Å². The van der Waals surface area contributed by atoms with Crippen LogP contribution in [0.25, 0.3) is 0 Å². The highest BCUT2D eigenvalue weighted by Gasteiger charge is 2.08. The smallest absolute Gasteiger partial charge is 0.195 e. The SMILES string of the molecule is CCCCCCn1c(Cc2ccccc2Cl)n[nH]c1=S. The van der Waals surface area contributed by atoms with Gasteiger partial charge in [-0.25, -0.2) is 0 Å². The number of aromatic nitrogens is 3. The first-order chi connectivity index (χ1) is 9.72. The lowest BCUT2D eigenvalue weighted by Gasteiger charge is -2.07. The molecule has 3 nitrogen and oxygen atoms in total. The van der Waals surface area contributed by atoms with E-state index in [1.54, 1.807) is 0 Å². The van der Waals surface area contributed by atoms with Crippen molar-refractivity contribution >= 4 is 23.8 Å². The molecule has 1 heterocycles. The average Bonchev–Trinajstić information content (AvgIpc) is 2.79. The summed E-state index contributed by atoms with van der Waals surface area (Å²) in [5, 5.41) is 8.01. The van der Waals surface area contributed by atoms with Crippen LogP contribution in [0.2, 0.25) is 5.02 Å². The number of halogens is 1. The zero-order valence-corrected chi connectivity index (χ0v) is 13.3. The summed E-state index contributed by atoms with van der Waals surface area (Å²) in [5.74, 6) is 0.958. The van der Waals surface area contributed by atoms with Crippen molar-refractivity contribution in [3.8, 4) is 0 Å². The summed E-state index contributed by atoms with van der Waals surface area (Å²) in [6.45, 7) is 3.14. The lowest BCUT2D eigenvalue weighted by atomic mass is 10.1. The zero-order chi connectivity index (χ0) is 14.4. The van der Waals surface area contributed by atoms with Gasteiger partial charge in [0.25, 0.3) is 0 Å². The highest BCUT2D eigenvalue weighted by atomic mass is 35.5. The molecule has 5 heteroatoms. The molecule has 0 aliphatic rings. The van der Waals surface area contributed by atoms with Gasteiger partial charge < -0.3 is 4.57 Å². The molecule has 20 heavy (non-hydrogen) atoms. The van der Waals surface area contributed by atoms with Crippen molar-refractivity contribution in [1.82, 2.24) is 14.8 Å². The predicted molar refractivity (Wildman–Crippen MR) is 85.8 cm³/mol. The Labute approximate surface area is 130 Å². The van der Waals surface area contributed by atoms with E-state index in [9.17, 15) is 0 Å². The number of hydrogen-bond acceptors (Lipinski definition) is 2.